The lowest BCUT2D eigenvalue weighted by Crippen LogP contribution is -1.97. The maximum absolute atomic E-state index is 9.45. The van der Waals surface area contributed by atoms with Crippen molar-refractivity contribution in [2.45, 2.75) is 20.3 Å². The van der Waals surface area contributed by atoms with Gasteiger partial charge < -0.3 is 14.6 Å². The summed E-state index contributed by atoms with van der Waals surface area (Å²) in [5.41, 5.74) is 0. The van der Waals surface area contributed by atoms with Gasteiger partial charge in [0.15, 0.2) is 11.5 Å². The van der Waals surface area contributed by atoms with Gasteiger partial charge in [-0.1, -0.05) is 6.92 Å². The second kappa shape index (κ2) is 5.37. The fourth-order valence-corrected chi connectivity index (χ4v) is 1.08. The Balaban J connectivity index is 2.74. The van der Waals surface area contributed by atoms with Crippen molar-refractivity contribution >= 4 is 0 Å². The fourth-order valence-electron chi connectivity index (χ4n) is 1.08. The first-order chi connectivity index (χ1) is 6.77. The van der Waals surface area contributed by atoms with Crippen molar-refractivity contribution in [3.63, 3.8) is 0 Å². The van der Waals surface area contributed by atoms with Gasteiger partial charge in [0.2, 0.25) is 0 Å². The van der Waals surface area contributed by atoms with Gasteiger partial charge in [-0.2, -0.15) is 0 Å². The van der Waals surface area contributed by atoms with Gasteiger partial charge in [-0.05, 0) is 25.5 Å². The molecule has 0 atom stereocenters. The number of hydrogen-bond acceptors (Lipinski definition) is 3. The van der Waals surface area contributed by atoms with Gasteiger partial charge in [-0.15, -0.1) is 0 Å². The zero-order chi connectivity index (χ0) is 10.4. The molecule has 3 nitrogen and oxygen atoms in total. The van der Waals surface area contributed by atoms with E-state index in [4.69, 9.17) is 9.47 Å². The molecule has 1 aromatic carbocycles. The zero-order valence-corrected chi connectivity index (χ0v) is 8.62. The molecule has 0 heterocycles. The predicted octanol–water partition coefficient (Wildman–Crippen LogP) is 2.58. The molecule has 0 aliphatic carbocycles. The van der Waals surface area contributed by atoms with E-state index in [-0.39, 0.29) is 5.75 Å². The Kier molecular flexibility index (Phi) is 4.11. The molecule has 78 valence electrons. The Bertz CT molecular complexity index is 284. The minimum absolute atomic E-state index is 0.155. The Hall–Kier alpha value is -1.38. The summed E-state index contributed by atoms with van der Waals surface area (Å²) < 4.78 is 10.6. The summed E-state index contributed by atoms with van der Waals surface area (Å²) in [7, 11) is 0. The van der Waals surface area contributed by atoms with Gasteiger partial charge in [-0.25, -0.2) is 0 Å². The number of benzene rings is 1. The first-order valence-corrected chi connectivity index (χ1v) is 4.86. The molecule has 0 unspecified atom stereocenters. The van der Waals surface area contributed by atoms with Crippen LogP contribution in [0.4, 0.5) is 0 Å². The van der Waals surface area contributed by atoms with E-state index in [1.54, 1.807) is 18.2 Å². The minimum Gasteiger partial charge on any atom is -0.504 e. The lowest BCUT2D eigenvalue weighted by Gasteiger charge is -2.09. The van der Waals surface area contributed by atoms with E-state index < -0.39 is 0 Å². The molecule has 0 radical (unpaired) electrons. The van der Waals surface area contributed by atoms with Crippen LogP contribution in [0.3, 0.4) is 0 Å². The molecular formula is C11H16O3. The fraction of sp³-hybridized carbons (Fsp3) is 0.455. The van der Waals surface area contributed by atoms with Gasteiger partial charge in [0.1, 0.15) is 5.75 Å². The van der Waals surface area contributed by atoms with Crippen LogP contribution < -0.4 is 9.47 Å². The first-order valence-electron chi connectivity index (χ1n) is 4.86. The normalized spacial score (nSPS) is 9.86. The van der Waals surface area contributed by atoms with E-state index in [0.717, 1.165) is 12.2 Å². The summed E-state index contributed by atoms with van der Waals surface area (Å²) >= 11 is 0. The van der Waals surface area contributed by atoms with Gasteiger partial charge >= 0.3 is 0 Å². The van der Waals surface area contributed by atoms with E-state index in [9.17, 15) is 5.11 Å². The number of ether oxygens (including phenoxy) is 2. The number of aromatic hydroxyl groups is 1. The van der Waals surface area contributed by atoms with Crippen LogP contribution in [0.25, 0.3) is 0 Å². The number of phenols is 1. The molecule has 0 aromatic heterocycles. The standard InChI is InChI=1S/C11H16O3/c1-3-7-14-11-8-9(13-4-2)5-6-10(11)12/h5-6,8,12H,3-4,7H2,1-2H3. The molecule has 1 N–H and O–H groups in total. The quantitative estimate of drug-likeness (QED) is 0.786. The van der Waals surface area contributed by atoms with E-state index in [1.807, 2.05) is 13.8 Å². The van der Waals surface area contributed by atoms with Crippen molar-refractivity contribution in [3.8, 4) is 17.2 Å². The molecule has 0 saturated heterocycles. The smallest absolute Gasteiger partial charge is 0.164 e. The van der Waals surface area contributed by atoms with Crippen molar-refractivity contribution in [2.24, 2.45) is 0 Å². The minimum atomic E-state index is 0.155. The van der Waals surface area contributed by atoms with E-state index in [0.29, 0.717) is 19.0 Å². The summed E-state index contributed by atoms with van der Waals surface area (Å²) in [6, 6.07) is 5.00. The third-order valence-electron chi connectivity index (χ3n) is 1.70. The van der Waals surface area contributed by atoms with Crippen LogP contribution in [0, 0.1) is 0 Å². The van der Waals surface area contributed by atoms with Crippen LogP contribution in [-0.2, 0) is 0 Å². The van der Waals surface area contributed by atoms with Crippen molar-refractivity contribution in [1.29, 1.82) is 0 Å². The van der Waals surface area contributed by atoms with Crippen molar-refractivity contribution in [3.05, 3.63) is 18.2 Å². The molecule has 3 heteroatoms. The van der Waals surface area contributed by atoms with Crippen LogP contribution >= 0.6 is 0 Å². The molecule has 0 aliphatic heterocycles. The van der Waals surface area contributed by atoms with Gasteiger partial charge in [-0.3, -0.25) is 0 Å². The molecule has 1 rings (SSSR count). The molecule has 14 heavy (non-hydrogen) atoms. The number of hydrogen-bond donors (Lipinski definition) is 1. The van der Waals surface area contributed by atoms with Gasteiger partial charge in [0.05, 0.1) is 13.2 Å². The molecular weight excluding hydrogens is 180 g/mol. The maximum Gasteiger partial charge on any atom is 0.164 e. The third kappa shape index (κ3) is 2.83. The lowest BCUT2D eigenvalue weighted by atomic mass is 10.3. The van der Waals surface area contributed by atoms with Crippen LogP contribution in [0.15, 0.2) is 18.2 Å². The molecule has 0 saturated carbocycles. The van der Waals surface area contributed by atoms with Crippen molar-refractivity contribution in [2.75, 3.05) is 13.2 Å². The summed E-state index contributed by atoms with van der Waals surface area (Å²) in [5, 5.41) is 9.45. The Morgan fingerprint density at radius 1 is 1.21 bits per heavy atom. The summed E-state index contributed by atoms with van der Waals surface area (Å²) in [6.45, 7) is 5.14. The van der Waals surface area contributed by atoms with E-state index in [1.165, 1.54) is 0 Å². The van der Waals surface area contributed by atoms with Gasteiger partial charge in [0.25, 0.3) is 0 Å². The highest BCUT2D eigenvalue weighted by Gasteiger charge is 2.03. The molecule has 0 aliphatic rings. The van der Waals surface area contributed by atoms with Crippen LogP contribution in [-0.4, -0.2) is 18.3 Å². The summed E-state index contributed by atoms with van der Waals surface area (Å²) in [6.07, 6.45) is 0.915. The van der Waals surface area contributed by atoms with Crippen molar-refractivity contribution in [1.82, 2.24) is 0 Å². The van der Waals surface area contributed by atoms with Crippen LogP contribution in [0.2, 0.25) is 0 Å². The topological polar surface area (TPSA) is 38.7 Å². The average molecular weight is 196 g/mol. The van der Waals surface area contributed by atoms with Crippen LogP contribution in [0.5, 0.6) is 17.2 Å². The average Bonchev–Trinajstić information content (AvgIpc) is 2.19. The van der Waals surface area contributed by atoms with Crippen molar-refractivity contribution < 1.29 is 14.6 Å². The van der Waals surface area contributed by atoms with E-state index >= 15 is 0 Å². The molecule has 0 bridgehead atoms. The summed E-state index contributed by atoms with van der Waals surface area (Å²) in [4.78, 5) is 0. The Morgan fingerprint density at radius 2 is 2.00 bits per heavy atom. The number of rotatable bonds is 5. The third-order valence-corrected chi connectivity index (χ3v) is 1.70. The number of phenolic OH excluding ortho intramolecular Hbond substituents is 1. The highest BCUT2D eigenvalue weighted by atomic mass is 16.5. The highest BCUT2D eigenvalue weighted by Crippen LogP contribution is 2.30. The Morgan fingerprint density at radius 3 is 2.64 bits per heavy atom. The molecule has 0 spiro atoms. The largest absolute Gasteiger partial charge is 0.504 e. The molecule has 0 amide bonds. The van der Waals surface area contributed by atoms with E-state index in [2.05, 4.69) is 0 Å². The second-order valence-electron chi connectivity index (χ2n) is 2.91. The molecule has 0 fully saturated rings. The van der Waals surface area contributed by atoms with Gasteiger partial charge in [0, 0.05) is 6.07 Å². The van der Waals surface area contributed by atoms with Crippen LogP contribution in [0.1, 0.15) is 20.3 Å². The zero-order valence-electron chi connectivity index (χ0n) is 8.62. The summed E-state index contributed by atoms with van der Waals surface area (Å²) in [5.74, 6) is 1.36. The predicted molar refractivity (Wildman–Crippen MR) is 55.1 cm³/mol. The Labute approximate surface area is 84.3 Å². The maximum atomic E-state index is 9.45. The second-order valence-corrected chi connectivity index (χ2v) is 2.91. The molecule has 1 aromatic rings. The first kappa shape index (κ1) is 10.7. The SMILES string of the molecule is CCCOc1cc(OCC)ccc1O. The monoisotopic (exact) mass is 196 g/mol. The highest BCUT2D eigenvalue weighted by molar-refractivity contribution is 5.44. The lowest BCUT2D eigenvalue weighted by molar-refractivity contribution is 0.293.